The van der Waals surface area contributed by atoms with Gasteiger partial charge in [-0.2, -0.15) is 0 Å². The van der Waals surface area contributed by atoms with E-state index >= 15 is 0 Å². The Balaban J connectivity index is 1.80. The van der Waals surface area contributed by atoms with Gasteiger partial charge in [-0.1, -0.05) is 65.2 Å². The van der Waals surface area contributed by atoms with Crippen LogP contribution in [-0.4, -0.2) is 18.4 Å². The zero-order valence-electron chi connectivity index (χ0n) is 16.9. The van der Waals surface area contributed by atoms with E-state index in [1.165, 1.54) is 0 Å². The number of carbonyl (C=O) groups excluding carboxylic acids is 2. The highest BCUT2D eigenvalue weighted by atomic mass is 16.2. The zero-order valence-corrected chi connectivity index (χ0v) is 16.9. The number of carbonyl (C=O) groups is 2. The molecule has 1 heterocycles. The third-order valence-corrected chi connectivity index (χ3v) is 5.37. The van der Waals surface area contributed by atoms with Crippen LogP contribution in [0.1, 0.15) is 28.3 Å². The molecule has 0 radical (unpaired) electrons. The lowest BCUT2D eigenvalue weighted by molar-refractivity contribution is -0.128. The molecule has 0 N–H and O–H groups in total. The minimum Gasteiger partial charge on any atom is -0.301 e. The molecule has 0 aliphatic carbocycles. The average Bonchev–Trinajstić information content (AvgIpc) is 2.71. The van der Waals surface area contributed by atoms with Crippen LogP contribution >= 0.6 is 0 Å². The van der Waals surface area contributed by atoms with Crippen molar-refractivity contribution in [3.05, 3.63) is 95.1 Å². The van der Waals surface area contributed by atoms with Gasteiger partial charge in [-0.05, 0) is 50.6 Å². The molecule has 3 aromatic rings. The molecule has 0 bridgehead atoms. The van der Waals surface area contributed by atoms with Crippen LogP contribution in [0.15, 0.2) is 72.8 Å². The lowest BCUT2D eigenvalue weighted by Gasteiger charge is -2.40. The first-order valence-corrected chi connectivity index (χ1v) is 9.77. The molecule has 3 aromatic carbocycles. The molecular formula is C25H24N2O2. The van der Waals surface area contributed by atoms with Gasteiger partial charge in [0.05, 0.1) is 0 Å². The number of anilines is 2. The van der Waals surface area contributed by atoms with Gasteiger partial charge >= 0.3 is 0 Å². The zero-order chi connectivity index (χ0) is 20.5. The second-order valence-electron chi connectivity index (χ2n) is 7.67. The molecular weight excluding hydrogens is 360 g/mol. The van der Waals surface area contributed by atoms with Crippen LogP contribution < -0.4 is 9.80 Å². The van der Waals surface area contributed by atoms with Gasteiger partial charge in [0.15, 0.2) is 0 Å². The third kappa shape index (κ3) is 3.66. The van der Waals surface area contributed by atoms with Gasteiger partial charge in [-0.3, -0.25) is 14.5 Å². The lowest BCUT2D eigenvalue weighted by Crippen LogP contribution is -2.56. The van der Waals surface area contributed by atoms with Crippen molar-refractivity contribution < 1.29 is 9.59 Å². The summed E-state index contributed by atoms with van der Waals surface area (Å²) in [4.78, 5) is 30.1. The molecule has 0 aromatic heterocycles. The SMILES string of the molecule is Cc1ccc([C@@H]2C(=O)N(c3ccc(C)cc3)CC(=O)N2c2ccc(C)cc2)cc1. The summed E-state index contributed by atoms with van der Waals surface area (Å²) in [5.74, 6) is -0.197. The Morgan fingerprint density at radius 2 is 1.10 bits per heavy atom. The van der Waals surface area contributed by atoms with E-state index in [9.17, 15) is 9.59 Å². The summed E-state index contributed by atoms with van der Waals surface area (Å²) < 4.78 is 0. The van der Waals surface area contributed by atoms with Crippen LogP contribution in [0, 0.1) is 20.8 Å². The largest absolute Gasteiger partial charge is 0.301 e. The maximum Gasteiger partial charge on any atom is 0.255 e. The lowest BCUT2D eigenvalue weighted by atomic mass is 9.98. The molecule has 0 spiro atoms. The van der Waals surface area contributed by atoms with Gasteiger partial charge < -0.3 is 4.90 Å². The summed E-state index contributed by atoms with van der Waals surface area (Å²) >= 11 is 0. The number of benzene rings is 3. The van der Waals surface area contributed by atoms with E-state index < -0.39 is 6.04 Å². The Labute approximate surface area is 171 Å². The minimum atomic E-state index is -0.694. The molecule has 4 rings (SSSR count). The molecule has 0 saturated carbocycles. The Bertz CT molecular complexity index is 1040. The minimum absolute atomic E-state index is 0.0259. The van der Waals surface area contributed by atoms with Crippen LogP contribution in [0.5, 0.6) is 0 Å². The van der Waals surface area contributed by atoms with E-state index in [2.05, 4.69) is 0 Å². The molecule has 1 fully saturated rings. The van der Waals surface area contributed by atoms with E-state index in [-0.39, 0.29) is 18.4 Å². The number of aryl methyl sites for hydroxylation is 3. The fourth-order valence-electron chi connectivity index (χ4n) is 3.67. The third-order valence-electron chi connectivity index (χ3n) is 5.37. The summed E-state index contributed by atoms with van der Waals surface area (Å²) in [6.45, 7) is 6.04. The molecule has 1 aliphatic heterocycles. The fraction of sp³-hybridized carbons (Fsp3) is 0.200. The standard InChI is InChI=1S/C25H24N2O2/c1-17-4-10-20(11-5-17)24-25(29)26(21-12-6-18(2)7-13-21)16-23(28)27(24)22-14-8-19(3)9-15-22/h4-15,24H,16H2,1-3H3/t24-/m1/s1. The number of hydrogen-bond acceptors (Lipinski definition) is 2. The first-order valence-electron chi connectivity index (χ1n) is 9.77. The summed E-state index contributed by atoms with van der Waals surface area (Å²) in [7, 11) is 0. The first-order chi connectivity index (χ1) is 13.9. The Morgan fingerprint density at radius 3 is 1.62 bits per heavy atom. The first kappa shape index (κ1) is 18.9. The van der Waals surface area contributed by atoms with E-state index in [1.807, 2.05) is 93.6 Å². The predicted molar refractivity (Wildman–Crippen MR) is 116 cm³/mol. The molecule has 1 aliphatic rings. The van der Waals surface area contributed by atoms with Crippen molar-refractivity contribution in [2.45, 2.75) is 26.8 Å². The van der Waals surface area contributed by atoms with Gasteiger partial charge in [0.1, 0.15) is 12.6 Å². The second-order valence-corrected chi connectivity index (χ2v) is 7.67. The normalized spacial score (nSPS) is 17.0. The van der Waals surface area contributed by atoms with Crippen LogP contribution in [0.3, 0.4) is 0 Å². The van der Waals surface area contributed by atoms with Crippen molar-refractivity contribution in [1.29, 1.82) is 0 Å². The van der Waals surface area contributed by atoms with E-state index in [1.54, 1.807) is 9.80 Å². The summed E-state index contributed by atoms with van der Waals surface area (Å²) in [6.07, 6.45) is 0. The number of nitrogens with zero attached hydrogens (tertiary/aromatic N) is 2. The Morgan fingerprint density at radius 1 is 0.655 bits per heavy atom. The number of piperazine rings is 1. The number of rotatable bonds is 3. The van der Waals surface area contributed by atoms with Crippen molar-refractivity contribution in [3.63, 3.8) is 0 Å². The molecule has 4 heteroatoms. The summed E-state index contributed by atoms with van der Waals surface area (Å²) in [5.41, 5.74) is 5.63. The van der Waals surface area contributed by atoms with E-state index in [0.717, 1.165) is 33.6 Å². The molecule has 2 amide bonds. The van der Waals surface area contributed by atoms with Crippen LogP contribution in [0.4, 0.5) is 11.4 Å². The van der Waals surface area contributed by atoms with Gasteiger partial charge in [-0.25, -0.2) is 0 Å². The summed E-state index contributed by atoms with van der Waals surface area (Å²) in [5, 5.41) is 0. The highest BCUT2D eigenvalue weighted by molar-refractivity contribution is 6.14. The monoisotopic (exact) mass is 384 g/mol. The maximum absolute atomic E-state index is 13.6. The van der Waals surface area contributed by atoms with Crippen LogP contribution in [-0.2, 0) is 9.59 Å². The highest BCUT2D eigenvalue weighted by Gasteiger charge is 2.41. The van der Waals surface area contributed by atoms with Crippen molar-refractivity contribution in [1.82, 2.24) is 0 Å². The van der Waals surface area contributed by atoms with Gasteiger partial charge in [0.2, 0.25) is 5.91 Å². The smallest absolute Gasteiger partial charge is 0.255 e. The second kappa shape index (κ2) is 7.55. The topological polar surface area (TPSA) is 40.6 Å². The van der Waals surface area contributed by atoms with Crippen molar-refractivity contribution in [3.8, 4) is 0 Å². The quantitative estimate of drug-likeness (QED) is 0.655. The molecule has 29 heavy (non-hydrogen) atoms. The molecule has 1 saturated heterocycles. The fourth-order valence-corrected chi connectivity index (χ4v) is 3.67. The van der Waals surface area contributed by atoms with E-state index in [0.29, 0.717) is 0 Å². The predicted octanol–water partition coefficient (Wildman–Crippen LogP) is 4.73. The molecule has 4 nitrogen and oxygen atoms in total. The Hall–Kier alpha value is -3.40. The van der Waals surface area contributed by atoms with Gasteiger partial charge in [0.25, 0.3) is 5.91 Å². The maximum atomic E-state index is 13.6. The molecule has 1 atom stereocenters. The molecule has 0 unspecified atom stereocenters. The average molecular weight is 384 g/mol. The van der Waals surface area contributed by atoms with Crippen molar-refractivity contribution >= 4 is 23.2 Å². The molecule has 146 valence electrons. The van der Waals surface area contributed by atoms with Crippen molar-refractivity contribution in [2.75, 3.05) is 16.3 Å². The van der Waals surface area contributed by atoms with Gasteiger partial charge in [0, 0.05) is 11.4 Å². The summed E-state index contributed by atoms with van der Waals surface area (Å²) in [6, 6.07) is 22.6. The van der Waals surface area contributed by atoms with Crippen LogP contribution in [0.2, 0.25) is 0 Å². The number of amides is 2. The highest BCUT2D eigenvalue weighted by Crippen LogP contribution is 2.34. The van der Waals surface area contributed by atoms with E-state index in [4.69, 9.17) is 0 Å². The Kier molecular flexibility index (Phi) is 4.93. The van der Waals surface area contributed by atoms with Gasteiger partial charge in [-0.15, -0.1) is 0 Å². The number of hydrogen-bond donors (Lipinski definition) is 0. The van der Waals surface area contributed by atoms with Crippen molar-refractivity contribution in [2.24, 2.45) is 0 Å². The van der Waals surface area contributed by atoms with Crippen LogP contribution in [0.25, 0.3) is 0 Å².